The molecule has 0 heterocycles. The Morgan fingerprint density at radius 3 is 2.39 bits per heavy atom. The van der Waals surface area contributed by atoms with E-state index in [-0.39, 0.29) is 5.91 Å². The minimum Gasteiger partial charge on any atom is -0.493 e. The van der Waals surface area contributed by atoms with Crippen molar-refractivity contribution in [2.75, 3.05) is 12.4 Å². The van der Waals surface area contributed by atoms with E-state index in [2.05, 4.69) is 27.9 Å². The normalized spacial score (nSPS) is 10.4. The van der Waals surface area contributed by atoms with Crippen molar-refractivity contribution in [2.24, 2.45) is 0 Å². The molecule has 0 atom stereocenters. The summed E-state index contributed by atoms with van der Waals surface area (Å²) in [6.45, 7) is 2.38. The van der Waals surface area contributed by atoms with E-state index in [0.717, 1.165) is 9.13 Å². The van der Waals surface area contributed by atoms with E-state index < -0.39 is 0 Å². The number of aryl methyl sites for hydroxylation is 1. The molecule has 3 rings (SSSR count). The van der Waals surface area contributed by atoms with Gasteiger partial charge in [0.15, 0.2) is 11.5 Å². The third kappa shape index (κ3) is 5.17. The van der Waals surface area contributed by atoms with E-state index in [1.54, 1.807) is 12.1 Å². The topological polar surface area (TPSA) is 47.6 Å². The van der Waals surface area contributed by atoms with E-state index >= 15 is 0 Å². The number of ether oxygens (including phenoxy) is 2. The molecule has 0 radical (unpaired) electrons. The third-order valence-electron chi connectivity index (χ3n) is 4.10. The molecule has 28 heavy (non-hydrogen) atoms. The Hall–Kier alpha value is -2.25. The largest absolute Gasteiger partial charge is 0.493 e. The Labute approximate surface area is 183 Å². The summed E-state index contributed by atoms with van der Waals surface area (Å²) in [6, 6.07) is 18.8. The maximum atomic E-state index is 12.6. The summed E-state index contributed by atoms with van der Waals surface area (Å²) in [5.41, 5.74) is 3.30. The third-order valence-corrected chi connectivity index (χ3v) is 5.10. The quantitative estimate of drug-likeness (QED) is 0.411. The van der Waals surface area contributed by atoms with Gasteiger partial charge in [0.25, 0.3) is 5.91 Å². The van der Waals surface area contributed by atoms with Crippen LogP contribution in [0.25, 0.3) is 0 Å². The average molecular weight is 508 g/mol. The van der Waals surface area contributed by atoms with Crippen LogP contribution in [0.4, 0.5) is 5.69 Å². The zero-order valence-corrected chi connectivity index (χ0v) is 18.4. The van der Waals surface area contributed by atoms with Gasteiger partial charge in [-0.2, -0.15) is 0 Å². The van der Waals surface area contributed by atoms with Crippen LogP contribution in [0.1, 0.15) is 21.5 Å². The smallest absolute Gasteiger partial charge is 0.255 e. The maximum absolute atomic E-state index is 12.6. The highest BCUT2D eigenvalue weighted by molar-refractivity contribution is 14.1. The number of anilines is 1. The molecular weight excluding hydrogens is 489 g/mol. The number of carbonyl (C=O) groups is 1. The van der Waals surface area contributed by atoms with Gasteiger partial charge in [-0.3, -0.25) is 4.79 Å². The predicted octanol–water partition coefficient (Wildman–Crippen LogP) is 6.09. The Kier molecular flexibility index (Phi) is 6.80. The monoisotopic (exact) mass is 507 g/mol. The summed E-state index contributed by atoms with van der Waals surface area (Å²) >= 11 is 8.60. The summed E-state index contributed by atoms with van der Waals surface area (Å²) in [6.07, 6.45) is 0. The van der Waals surface area contributed by atoms with E-state index in [0.29, 0.717) is 34.4 Å². The first kappa shape index (κ1) is 20.5. The highest BCUT2D eigenvalue weighted by atomic mass is 127. The molecule has 0 saturated heterocycles. The van der Waals surface area contributed by atoms with Gasteiger partial charge in [-0.15, -0.1) is 0 Å². The number of carbonyl (C=O) groups excluding carboxylic acids is 1. The van der Waals surface area contributed by atoms with Gasteiger partial charge in [0.05, 0.1) is 12.1 Å². The fourth-order valence-corrected chi connectivity index (χ4v) is 3.19. The van der Waals surface area contributed by atoms with Gasteiger partial charge in [-0.25, -0.2) is 0 Å². The fraction of sp³-hybridized carbons (Fsp3) is 0.136. The molecule has 1 N–H and O–H groups in total. The molecule has 0 aliphatic heterocycles. The molecule has 3 aromatic carbocycles. The summed E-state index contributed by atoms with van der Waals surface area (Å²) in [4.78, 5) is 12.6. The first-order chi connectivity index (χ1) is 13.5. The lowest BCUT2D eigenvalue weighted by atomic mass is 10.1. The van der Waals surface area contributed by atoms with Crippen molar-refractivity contribution in [3.05, 3.63) is 85.9 Å². The molecule has 1 amide bonds. The Bertz CT molecular complexity index is 972. The molecule has 0 fully saturated rings. The molecule has 0 aliphatic rings. The van der Waals surface area contributed by atoms with E-state index in [1.807, 2.05) is 55.5 Å². The Morgan fingerprint density at radius 2 is 1.75 bits per heavy atom. The fourth-order valence-electron chi connectivity index (χ4n) is 2.57. The van der Waals surface area contributed by atoms with Crippen molar-refractivity contribution in [3.8, 4) is 11.5 Å². The first-order valence-corrected chi connectivity index (χ1v) is 10.0. The van der Waals surface area contributed by atoms with Crippen LogP contribution in [0, 0.1) is 10.5 Å². The second-order valence-corrected chi connectivity index (χ2v) is 7.88. The van der Waals surface area contributed by atoms with Gasteiger partial charge in [-0.1, -0.05) is 41.4 Å². The summed E-state index contributed by atoms with van der Waals surface area (Å²) in [7, 11) is 1.52. The lowest BCUT2D eigenvalue weighted by Gasteiger charge is -2.14. The predicted molar refractivity (Wildman–Crippen MR) is 121 cm³/mol. The van der Waals surface area contributed by atoms with Crippen LogP contribution >= 0.6 is 34.2 Å². The average Bonchev–Trinajstić information content (AvgIpc) is 2.69. The molecule has 4 nitrogen and oxygen atoms in total. The second-order valence-electron chi connectivity index (χ2n) is 6.22. The van der Waals surface area contributed by atoms with Gasteiger partial charge in [0.2, 0.25) is 0 Å². The highest BCUT2D eigenvalue weighted by Gasteiger charge is 2.16. The molecular formula is C22H19ClINO3. The van der Waals surface area contributed by atoms with Crippen molar-refractivity contribution in [3.63, 3.8) is 0 Å². The first-order valence-electron chi connectivity index (χ1n) is 8.59. The Morgan fingerprint density at radius 1 is 1.07 bits per heavy atom. The van der Waals surface area contributed by atoms with Crippen molar-refractivity contribution in [1.82, 2.24) is 0 Å². The van der Waals surface area contributed by atoms with E-state index in [9.17, 15) is 4.79 Å². The van der Waals surface area contributed by atoms with Crippen LogP contribution in [0.15, 0.2) is 60.7 Å². The summed E-state index contributed by atoms with van der Waals surface area (Å²) in [5.74, 6) is 0.550. The van der Waals surface area contributed by atoms with Crippen molar-refractivity contribution in [2.45, 2.75) is 13.5 Å². The molecule has 144 valence electrons. The SMILES string of the molecule is COc1cc(C(=O)Nc2ccc(I)cc2)cc(Cl)c1OCc1ccc(C)cc1. The number of methoxy groups -OCH3 is 1. The number of nitrogens with one attached hydrogen (secondary N) is 1. The molecule has 6 heteroatoms. The summed E-state index contributed by atoms with van der Waals surface area (Å²) < 4.78 is 12.4. The van der Waals surface area contributed by atoms with Crippen molar-refractivity contribution >= 4 is 45.8 Å². The zero-order chi connectivity index (χ0) is 20.1. The molecule has 0 aromatic heterocycles. The molecule has 0 unspecified atom stereocenters. The number of hydrogen-bond donors (Lipinski definition) is 1. The van der Waals surface area contributed by atoms with Gasteiger partial charge in [-0.05, 0) is 71.5 Å². The lowest BCUT2D eigenvalue weighted by Crippen LogP contribution is -2.12. The van der Waals surface area contributed by atoms with Gasteiger partial charge < -0.3 is 14.8 Å². The molecule has 0 spiro atoms. The number of rotatable bonds is 6. The van der Waals surface area contributed by atoms with Gasteiger partial charge in [0, 0.05) is 14.8 Å². The number of hydrogen-bond acceptors (Lipinski definition) is 3. The maximum Gasteiger partial charge on any atom is 0.255 e. The molecule has 0 aliphatic carbocycles. The van der Waals surface area contributed by atoms with Crippen molar-refractivity contribution in [1.29, 1.82) is 0 Å². The van der Waals surface area contributed by atoms with Crippen molar-refractivity contribution < 1.29 is 14.3 Å². The van der Waals surface area contributed by atoms with Gasteiger partial charge >= 0.3 is 0 Å². The molecule has 0 saturated carbocycles. The van der Waals surface area contributed by atoms with Crippen LogP contribution in [-0.4, -0.2) is 13.0 Å². The minimum atomic E-state index is -0.272. The van der Waals surface area contributed by atoms with Gasteiger partial charge in [0.1, 0.15) is 6.61 Å². The van der Waals surface area contributed by atoms with Crippen LogP contribution < -0.4 is 14.8 Å². The lowest BCUT2D eigenvalue weighted by molar-refractivity contribution is 0.102. The second kappa shape index (κ2) is 9.30. The number of benzene rings is 3. The van der Waals surface area contributed by atoms with E-state index in [1.165, 1.54) is 12.7 Å². The van der Waals surface area contributed by atoms with E-state index in [4.69, 9.17) is 21.1 Å². The van der Waals surface area contributed by atoms with Crippen LogP contribution in [0.5, 0.6) is 11.5 Å². The zero-order valence-electron chi connectivity index (χ0n) is 15.5. The number of halogens is 2. The number of amides is 1. The molecule has 0 bridgehead atoms. The van der Waals surface area contributed by atoms with Crippen LogP contribution in [0.3, 0.4) is 0 Å². The summed E-state index contributed by atoms with van der Waals surface area (Å²) in [5, 5.41) is 3.17. The van der Waals surface area contributed by atoms with Crippen LogP contribution in [0.2, 0.25) is 5.02 Å². The Balaban J connectivity index is 1.77. The molecule has 3 aromatic rings. The standard InChI is InChI=1S/C22H19ClINO3/c1-14-3-5-15(6-4-14)13-28-21-19(23)11-16(12-20(21)27-2)22(26)25-18-9-7-17(24)8-10-18/h3-12H,13H2,1-2H3,(H,25,26). The minimum absolute atomic E-state index is 0.272. The van der Waals surface area contributed by atoms with Crippen LogP contribution in [-0.2, 0) is 6.61 Å². The highest BCUT2D eigenvalue weighted by Crippen LogP contribution is 2.37.